The maximum atomic E-state index is 6.17. The maximum Gasteiger partial charge on any atom is 0.251 e. The summed E-state index contributed by atoms with van der Waals surface area (Å²) in [7, 11) is 0. The molecule has 2 aromatic heterocycles. The molecule has 2 heterocycles. The van der Waals surface area contributed by atoms with E-state index in [0.29, 0.717) is 11.0 Å². The average molecular weight is 335 g/mol. The lowest BCUT2D eigenvalue weighted by atomic mass is 10.1. The second-order valence-electron chi connectivity index (χ2n) is 5.74. The molecule has 0 atom stereocenters. The van der Waals surface area contributed by atoms with E-state index >= 15 is 0 Å². The van der Waals surface area contributed by atoms with E-state index in [4.69, 9.17) is 16.6 Å². The van der Waals surface area contributed by atoms with Gasteiger partial charge in [0.25, 0.3) is 5.95 Å². The highest BCUT2D eigenvalue weighted by Crippen LogP contribution is 2.28. The van der Waals surface area contributed by atoms with Crippen molar-refractivity contribution in [1.29, 1.82) is 0 Å². The second kappa shape index (κ2) is 5.73. The molecule has 0 aliphatic rings. The van der Waals surface area contributed by atoms with E-state index in [1.54, 1.807) is 4.68 Å². The van der Waals surface area contributed by atoms with Gasteiger partial charge in [-0.3, -0.25) is 0 Å². The Balaban J connectivity index is 2.05. The number of aryl methyl sites for hydroxylation is 2. The van der Waals surface area contributed by atoms with Crippen molar-refractivity contribution in [3.63, 3.8) is 0 Å². The summed E-state index contributed by atoms with van der Waals surface area (Å²) in [5.74, 6) is 0.550. The topological polar surface area (TPSA) is 43.6 Å². The van der Waals surface area contributed by atoms with E-state index < -0.39 is 0 Å². The van der Waals surface area contributed by atoms with Crippen LogP contribution in [-0.2, 0) is 0 Å². The number of hydrogen-bond donors (Lipinski definition) is 0. The van der Waals surface area contributed by atoms with Crippen molar-refractivity contribution < 1.29 is 0 Å². The van der Waals surface area contributed by atoms with Crippen molar-refractivity contribution >= 4 is 22.5 Å². The molecule has 0 amide bonds. The van der Waals surface area contributed by atoms with Crippen LogP contribution in [0.25, 0.3) is 28.1 Å². The molecule has 0 saturated heterocycles. The summed E-state index contributed by atoms with van der Waals surface area (Å²) in [4.78, 5) is 9.46. The lowest BCUT2D eigenvalue weighted by molar-refractivity contribution is 0.781. The van der Waals surface area contributed by atoms with Gasteiger partial charge in [-0.25, -0.2) is 14.6 Å². The highest BCUT2D eigenvalue weighted by Gasteiger charge is 2.13. The van der Waals surface area contributed by atoms with Gasteiger partial charge in [0.1, 0.15) is 0 Å². The van der Waals surface area contributed by atoms with Crippen LogP contribution < -0.4 is 0 Å². The molecular formula is C19H15ClN4. The van der Waals surface area contributed by atoms with Gasteiger partial charge in [0.15, 0.2) is 0 Å². The third-order valence-electron chi connectivity index (χ3n) is 3.89. The molecule has 0 saturated carbocycles. The quantitative estimate of drug-likeness (QED) is 0.531. The molecule has 4 nitrogen and oxygen atoms in total. The minimum absolute atomic E-state index is 0.550. The Morgan fingerprint density at radius 1 is 0.917 bits per heavy atom. The third-order valence-corrected chi connectivity index (χ3v) is 4.13. The Labute approximate surface area is 144 Å². The summed E-state index contributed by atoms with van der Waals surface area (Å²) in [6.07, 6.45) is 0. The van der Waals surface area contributed by atoms with Gasteiger partial charge < -0.3 is 0 Å². The smallest absolute Gasteiger partial charge is 0.211 e. The zero-order valence-electron chi connectivity index (χ0n) is 13.4. The van der Waals surface area contributed by atoms with Crippen LogP contribution in [0.1, 0.15) is 11.4 Å². The van der Waals surface area contributed by atoms with Gasteiger partial charge in [0.2, 0.25) is 0 Å². The summed E-state index contributed by atoms with van der Waals surface area (Å²) in [5.41, 5.74) is 4.64. The molecule has 118 valence electrons. The van der Waals surface area contributed by atoms with Gasteiger partial charge in [-0.2, -0.15) is 5.10 Å². The van der Waals surface area contributed by atoms with E-state index in [0.717, 1.165) is 33.5 Å². The summed E-state index contributed by atoms with van der Waals surface area (Å²) < 4.78 is 1.77. The first kappa shape index (κ1) is 14.8. The Kier molecular flexibility index (Phi) is 3.54. The monoisotopic (exact) mass is 334 g/mol. The van der Waals surface area contributed by atoms with E-state index in [-0.39, 0.29) is 0 Å². The molecular weight excluding hydrogens is 320 g/mol. The largest absolute Gasteiger partial charge is 0.251 e. The highest BCUT2D eigenvalue weighted by atomic mass is 35.5. The van der Waals surface area contributed by atoms with Gasteiger partial charge >= 0.3 is 0 Å². The summed E-state index contributed by atoms with van der Waals surface area (Å²) in [5, 5.41) is 6.12. The second-order valence-corrected chi connectivity index (χ2v) is 6.18. The number of nitrogens with zero attached hydrogens (tertiary/aromatic N) is 4. The van der Waals surface area contributed by atoms with Gasteiger partial charge in [0, 0.05) is 21.7 Å². The molecule has 5 heteroatoms. The zero-order chi connectivity index (χ0) is 16.7. The molecule has 4 aromatic rings. The normalized spacial score (nSPS) is 11.1. The SMILES string of the molecule is Cc1cc(C)n(-c2nc(-c3ccccc3)c3ccc(Cl)cc3n2)n1. The third kappa shape index (κ3) is 2.55. The number of rotatable bonds is 2. The highest BCUT2D eigenvalue weighted by molar-refractivity contribution is 6.31. The van der Waals surface area contributed by atoms with Gasteiger partial charge in [-0.1, -0.05) is 41.9 Å². The molecule has 0 aliphatic heterocycles. The molecule has 0 radical (unpaired) electrons. The molecule has 0 unspecified atom stereocenters. The zero-order valence-corrected chi connectivity index (χ0v) is 14.1. The first-order chi connectivity index (χ1) is 11.6. The number of fused-ring (bicyclic) bond motifs is 1. The minimum Gasteiger partial charge on any atom is -0.211 e. The Morgan fingerprint density at radius 2 is 1.71 bits per heavy atom. The average Bonchev–Trinajstić information content (AvgIpc) is 2.92. The molecule has 24 heavy (non-hydrogen) atoms. The van der Waals surface area contributed by atoms with Crippen LogP contribution in [0.5, 0.6) is 0 Å². The number of aromatic nitrogens is 4. The van der Waals surface area contributed by atoms with Gasteiger partial charge in [-0.15, -0.1) is 0 Å². The molecule has 0 spiro atoms. The fourth-order valence-corrected chi connectivity index (χ4v) is 3.00. The lowest BCUT2D eigenvalue weighted by Gasteiger charge is -2.10. The van der Waals surface area contributed by atoms with Crippen molar-refractivity contribution in [1.82, 2.24) is 19.7 Å². The van der Waals surface area contributed by atoms with Gasteiger partial charge in [0.05, 0.1) is 16.9 Å². The van der Waals surface area contributed by atoms with Crippen LogP contribution in [0.3, 0.4) is 0 Å². The van der Waals surface area contributed by atoms with Crippen molar-refractivity contribution in [2.45, 2.75) is 13.8 Å². The van der Waals surface area contributed by atoms with Crippen LogP contribution in [0.15, 0.2) is 54.6 Å². The Morgan fingerprint density at radius 3 is 2.42 bits per heavy atom. The van der Waals surface area contributed by atoms with E-state index in [9.17, 15) is 0 Å². The van der Waals surface area contributed by atoms with Crippen LogP contribution in [0.2, 0.25) is 5.02 Å². The van der Waals surface area contributed by atoms with E-state index in [1.165, 1.54) is 0 Å². The standard InChI is InChI=1S/C19H15ClN4/c1-12-10-13(2)24(23-12)19-21-17-11-15(20)8-9-16(17)18(22-19)14-6-4-3-5-7-14/h3-11H,1-2H3. The first-order valence-electron chi connectivity index (χ1n) is 7.68. The predicted octanol–water partition coefficient (Wildman–Crippen LogP) is 4.75. The Hall–Kier alpha value is -2.72. The Bertz CT molecular complexity index is 1040. The molecule has 0 aliphatic carbocycles. The van der Waals surface area contributed by atoms with E-state index in [1.807, 2.05) is 68.4 Å². The van der Waals surface area contributed by atoms with Crippen LogP contribution >= 0.6 is 11.6 Å². The van der Waals surface area contributed by atoms with Gasteiger partial charge in [-0.05, 0) is 38.1 Å². The van der Waals surface area contributed by atoms with E-state index in [2.05, 4.69) is 10.1 Å². The summed E-state index contributed by atoms with van der Waals surface area (Å²) >= 11 is 6.17. The van der Waals surface area contributed by atoms with Crippen molar-refractivity contribution in [3.05, 3.63) is 71.0 Å². The summed E-state index contributed by atoms with van der Waals surface area (Å²) in [6, 6.07) is 17.8. The predicted molar refractivity (Wildman–Crippen MR) is 96.6 cm³/mol. The first-order valence-corrected chi connectivity index (χ1v) is 8.06. The molecule has 4 rings (SSSR count). The molecule has 0 N–H and O–H groups in total. The molecule has 0 fully saturated rings. The van der Waals surface area contributed by atoms with Crippen LogP contribution in [-0.4, -0.2) is 19.7 Å². The fraction of sp³-hybridized carbons (Fsp3) is 0.105. The fourth-order valence-electron chi connectivity index (χ4n) is 2.83. The van der Waals surface area contributed by atoms with Crippen LogP contribution in [0.4, 0.5) is 0 Å². The van der Waals surface area contributed by atoms with Crippen LogP contribution in [0, 0.1) is 13.8 Å². The minimum atomic E-state index is 0.550. The lowest BCUT2D eigenvalue weighted by Crippen LogP contribution is -2.06. The molecule has 0 bridgehead atoms. The van der Waals surface area contributed by atoms with Crippen molar-refractivity contribution in [2.24, 2.45) is 0 Å². The summed E-state index contributed by atoms with van der Waals surface area (Å²) in [6.45, 7) is 3.95. The number of benzene rings is 2. The molecule has 2 aromatic carbocycles. The van der Waals surface area contributed by atoms with Crippen molar-refractivity contribution in [2.75, 3.05) is 0 Å². The maximum absolute atomic E-state index is 6.17. The van der Waals surface area contributed by atoms with Crippen molar-refractivity contribution in [3.8, 4) is 17.2 Å². The number of hydrogen-bond acceptors (Lipinski definition) is 3. The number of halogens is 1.